The number of carbonyl (C=O) groups is 1. The van der Waals surface area contributed by atoms with Gasteiger partial charge in [-0.05, 0) is 36.2 Å². The summed E-state index contributed by atoms with van der Waals surface area (Å²) in [5.41, 5.74) is 3.19. The van der Waals surface area contributed by atoms with Crippen LogP contribution in [-0.4, -0.2) is 6.03 Å². The predicted molar refractivity (Wildman–Crippen MR) is 96.4 cm³/mol. The Kier molecular flexibility index (Phi) is 3.78. The fraction of sp³-hybridized carbons (Fsp3) is 0.105. The van der Waals surface area contributed by atoms with Crippen LogP contribution in [-0.2, 0) is 0 Å². The maximum Gasteiger partial charge on any atom is 0.329 e. The Hall–Kier alpha value is -2.66. The maximum absolute atomic E-state index is 12.9. The average Bonchev–Trinajstić information content (AvgIpc) is 3.22. The van der Waals surface area contributed by atoms with Gasteiger partial charge in [-0.2, -0.15) is 0 Å². The molecule has 0 aliphatic carbocycles. The number of rotatable bonds is 2. The number of nitrogens with one attached hydrogen (secondary N) is 1. The quantitative estimate of drug-likeness (QED) is 0.678. The van der Waals surface area contributed by atoms with Crippen LogP contribution in [0.1, 0.15) is 16.5 Å². The molecular weight excluding hydrogens is 320 g/mol. The number of amides is 2. The molecule has 5 heteroatoms. The molecule has 1 aromatic heterocycles. The van der Waals surface area contributed by atoms with Gasteiger partial charge in [0.15, 0.2) is 0 Å². The molecule has 1 aliphatic rings. The Labute approximate surface area is 144 Å². The minimum atomic E-state index is -0.200. The molecule has 0 bridgehead atoms. The van der Waals surface area contributed by atoms with Gasteiger partial charge in [0.25, 0.3) is 0 Å². The largest absolute Gasteiger partial charge is 0.449 e. The fourth-order valence-corrected chi connectivity index (χ4v) is 4.17. The Balaban J connectivity index is 1.72. The monoisotopic (exact) mass is 336 g/mol. The van der Waals surface area contributed by atoms with E-state index >= 15 is 0 Å². The van der Waals surface area contributed by atoms with Gasteiger partial charge in [0, 0.05) is 11.0 Å². The zero-order chi connectivity index (χ0) is 16.5. The number of hydrogen-bond donors (Lipinski definition) is 1. The molecular formula is C19H16N2O2S. The maximum atomic E-state index is 12.9. The minimum absolute atomic E-state index is 0.0991. The summed E-state index contributed by atoms with van der Waals surface area (Å²) in [5.74, 6) is 0.442. The van der Waals surface area contributed by atoms with E-state index in [9.17, 15) is 4.79 Å². The lowest BCUT2D eigenvalue weighted by molar-refractivity contribution is 0.256. The van der Waals surface area contributed by atoms with Gasteiger partial charge in [-0.1, -0.05) is 48.2 Å². The van der Waals surface area contributed by atoms with Gasteiger partial charge in [0.1, 0.15) is 5.37 Å². The first-order valence-corrected chi connectivity index (χ1v) is 8.56. The molecule has 0 spiro atoms. The molecule has 120 valence electrons. The second kappa shape index (κ2) is 6.09. The van der Waals surface area contributed by atoms with Gasteiger partial charge in [-0.3, -0.25) is 10.2 Å². The second-order valence-corrected chi connectivity index (χ2v) is 6.75. The van der Waals surface area contributed by atoms with Crippen LogP contribution in [0.2, 0.25) is 0 Å². The lowest BCUT2D eigenvalue weighted by Gasteiger charge is -2.24. The van der Waals surface area contributed by atoms with E-state index in [2.05, 4.69) is 18.3 Å². The van der Waals surface area contributed by atoms with Crippen LogP contribution in [0.3, 0.4) is 0 Å². The molecule has 2 heterocycles. The van der Waals surface area contributed by atoms with Crippen molar-refractivity contribution >= 4 is 29.4 Å². The molecule has 0 fully saturated rings. The third-order valence-corrected chi connectivity index (χ3v) is 5.19. The minimum Gasteiger partial charge on any atom is -0.449 e. The lowest BCUT2D eigenvalue weighted by Crippen LogP contribution is -2.34. The van der Waals surface area contributed by atoms with E-state index < -0.39 is 0 Å². The Morgan fingerprint density at radius 1 is 1.12 bits per heavy atom. The van der Waals surface area contributed by atoms with Crippen molar-refractivity contribution in [2.24, 2.45) is 0 Å². The summed E-state index contributed by atoms with van der Waals surface area (Å²) >= 11 is 1.69. The predicted octanol–water partition coefficient (Wildman–Crippen LogP) is 5.43. The van der Waals surface area contributed by atoms with Gasteiger partial charge in [0.05, 0.1) is 12.0 Å². The van der Waals surface area contributed by atoms with Crippen LogP contribution in [0.15, 0.2) is 76.2 Å². The highest BCUT2D eigenvalue weighted by atomic mass is 32.2. The van der Waals surface area contributed by atoms with Crippen LogP contribution in [0, 0.1) is 6.92 Å². The van der Waals surface area contributed by atoms with E-state index in [1.165, 1.54) is 5.56 Å². The number of anilines is 2. The van der Waals surface area contributed by atoms with Gasteiger partial charge in [-0.15, -0.1) is 0 Å². The SMILES string of the molecule is Cc1ccc2c(c1)SC(c1ccccc1)N2C(=O)Nc1ccco1. The van der Waals surface area contributed by atoms with Crippen molar-refractivity contribution in [2.45, 2.75) is 17.2 Å². The number of carbonyl (C=O) groups excluding carboxylic acids is 1. The summed E-state index contributed by atoms with van der Waals surface area (Å²) in [6.45, 7) is 2.06. The zero-order valence-electron chi connectivity index (χ0n) is 13.1. The van der Waals surface area contributed by atoms with Crippen molar-refractivity contribution in [1.29, 1.82) is 0 Å². The van der Waals surface area contributed by atoms with E-state index in [4.69, 9.17) is 4.42 Å². The van der Waals surface area contributed by atoms with Gasteiger partial charge in [-0.25, -0.2) is 4.79 Å². The van der Waals surface area contributed by atoms with Gasteiger partial charge in [0.2, 0.25) is 5.88 Å². The number of urea groups is 1. The third-order valence-electron chi connectivity index (χ3n) is 3.90. The number of furan rings is 1. The van der Waals surface area contributed by atoms with E-state index in [-0.39, 0.29) is 11.4 Å². The Bertz CT molecular complexity index is 862. The summed E-state index contributed by atoms with van der Waals surface area (Å²) in [6, 6.07) is 19.5. The molecule has 2 aromatic carbocycles. The first-order valence-electron chi connectivity index (χ1n) is 7.68. The average molecular weight is 336 g/mol. The standard InChI is InChI=1S/C19H16N2O2S/c1-13-9-10-15-16(12-13)24-18(14-6-3-2-4-7-14)21(15)19(22)20-17-8-5-11-23-17/h2-12,18H,1H3,(H,20,22). The highest BCUT2D eigenvalue weighted by molar-refractivity contribution is 8.00. The molecule has 1 unspecified atom stereocenters. The van der Waals surface area contributed by atoms with E-state index in [0.717, 1.165) is 16.1 Å². The lowest BCUT2D eigenvalue weighted by atomic mass is 10.2. The number of nitrogens with zero attached hydrogens (tertiary/aromatic N) is 1. The first kappa shape index (κ1) is 14.9. The van der Waals surface area contributed by atoms with Gasteiger partial charge < -0.3 is 4.42 Å². The summed E-state index contributed by atoms with van der Waals surface area (Å²) in [4.78, 5) is 15.8. The highest BCUT2D eigenvalue weighted by Gasteiger charge is 2.36. The van der Waals surface area contributed by atoms with Crippen molar-refractivity contribution in [3.05, 3.63) is 78.1 Å². The van der Waals surface area contributed by atoms with Gasteiger partial charge >= 0.3 is 6.03 Å². The van der Waals surface area contributed by atoms with Crippen LogP contribution >= 0.6 is 11.8 Å². The number of fused-ring (bicyclic) bond motifs is 1. The van der Waals surface area contributed by atoms with Crippen molar-refractivity contribution in [1.82, 2.24) is 0 Å². The molecule has 0 saturated carbocycles. The third kappa shape index (κ3) is 2.67. The number of hydrogen-bond acceptors (Lipinski definition) is 3. The molecule has 0 saturated heterocycles. The smallest absolute Gasteiger partial charge is 0.329 e. The van der Waals surface area contributed by atoms with Crippen molar-refractivity contribution in [3.63, 3.8) is 0 Å². The molecule has 4 rings (SSSR count). The van der Waals surface area contributed by atoms with E-state index in [1.807, 2.05) is 42.5 Å². The number of thioether (sulfide) groups is 1. The normalized spacial score (nSPS) is 16.0. The molecule has 1 aliphatic heterocycles. The highest BCUT2D eigenvalue weighted by Crippen LogP contribution is 2.51. The summed E-state index contributed by atoms with van der Waals surface area (Å²) in [7, 11) is 0. The summed E-state index contributed by atoms with van der Waals surface area (Å²) in [5, 5.41) is 2.73. The van der Waals surface area contributed by atoms with Crippen molar-refractivity contribution in [3.8, 4) is 0 Å². The molecule has 2 amide bonds. The second-order valence-electron chi connectivity index (χ2n) is 5.63. The molecule has 4 nitrogen and oxygen atoms in total. The van der Waals surface area contributed by atoms with Crippen LogP contribution in [0.4, 0.5) is 16.4 Å². The number of benzene rings is 2. The molecule has 3 aromatic rings. The van der Waals surface area contributed by atoms with Crippen molar-refractivity contribution < 1.29 is 9.21 Å². The van der Waals surface area contributed by atoms with E-state index in [1.54, 1.807) is 35.1 Å². The molecule has 1 N–H and O–H groups in total. The van der Waals surface area contributed by atoms with Crippen LogP contribution in [0.25, 0.3) is 0 Å². The molecule has 1 atom stereocenters. The number of aryl methyl sites for hydroxylation is 1. The van der Waals surface area contributed by atoms with E-state index in [0.29, 0.717) is 5.88 Å². The molecule has 0 radical (unpaired) electrons. The first-order chi connectivity index (χ1) is 11.7. The topological polar surface area (TPSA) is 45.5 Å². The molecule has 24 heavy (non-hydrogen) atoms. The van der Waals surface area contributed by atoms with Crippen molar-refractivity contribution in [2.75, 3.05) is 10.2 Å². The van der Waals surface area contributed by atoms with Crippen LogP contribution in [0.5, 0.6) is 0 Å². The summed E-state index contributed by atoms with van der Waals surface area (Å²) < 4.78 is 5.25. The Morgan fingerprint density at radius 2 is 1.96 bits per heavy atom. The summed E-state index contributed by atoms with van der Waals surface area (Å²) in [6.07, 6.45) is 1.54. The Morgan fingerprint density at radius 3 is 2.71 bits per heavy atom. The fourth-order valence-electron chi connectivity index (χ4n) is 2.78. The zero-order valence-corrected chi connectivity index (χ0v) is 13.9. The van der Waals surface area contributed by atoms with Crippen LogP contribution < -0.4 is 10.2 Å².